The highest BCUT2D eigenvalue weighted by Crippen LogP contribution is 1.87. The van der Waals surface area contributed by atoms with Crippen molar-refractivity contribution in [3.8, 4) is 0 Å². The molecular formula is C8H20O2Si2. The number of rotatable bonds is 6. The van der Waals surface area contributed by atoms with Gasteiger partial charge in [-0.2, -0.15) is 0 Å². The Bertz CT molecular complexity index is 110. The molecular weight excluding hydrogens is 184 g/mol. The quantitative estimate of drug-likeness (QED) is 0.483. The first kappa shape index (κ1) is 12.1. The molecule has 0 aliphatic rings. The average Bonchev–Trinajstić information content (AvgIpc) is 1.95. The van der Waals surface area contributed by atoms with Crippen LogP contribution < -0.4 is 0 Å². The van der Waals surface area contributed by atoms with E-state index in [9.17, 15) is 0 Å². The molecule has 0 fully saturated rings. The van der Waals surface area contributed by atoms with Crippen LogP contribution in [-0.4, -0.2) is 31.3 Å². The monoisotopic (exact) mass is 204 g/mol. The van der Waals surface area contributed by atoms with Gasteiger partial charge >= 0.3 is 0 Å². The Morgan fingerprint density at radius 1 is 0.833 bits per heavy atom. The molecule has 0 aliphatic heterocycles. The molecule has 0 bridgehead atoms. The third-order valence-corrected chi connectivity index (χ3v) is 2.94. The lowest BCUT2D eigenvalue weighted by atomic mass is 10.5. The van der Waals surface area contributed by atoms with Crippen LogP contribution in [0.15, 0.2) is 12.2 Å². The molecule has 0 aromatic heterocycles. The lowest BCUT2D eigenvalue weighted by molar-refractivity contribution is 0.361. The Morgan fingerprint density at radius 3 is 1.42 bits per heavy atom. The Kier molecular flexibility index (Phi) is 7.79. The Hall–Kier alpha value is 0.0938. The molecule has 0 N–H and O–H groups in total. The van der Waals surface area contributed by atoms with Crippen LogP contribution in [0.1, 0.15) is 0 Å². The van der Waals surface area contributed by atoms with Gasteiger partial charge in [-0.05, 0) is 26.2 Å². The molecule has 2 nitrogen and oxygen atoms in total. The molecule has 12 heavy (non-hydrogen) atoms. The van der Waals surface area contributed by atoms with E-state index in [2.05, 4.69) is 26.2 Å². The normalized spacial score (nSPS) is 12.2. The van der Waals surface area contributed by atoms with Gasteiger partial charge in [0.2, 0.25) is 0 Å². The second kappa shape index (κ2) is 7.73. The van der Waals surface area contributed by atoms with Crippen molar-refractivity contribution >= 4 is 18.1 Å². The van der Waals surface area contributed by atoms with Crippen LogP contribution in [-0.2, 0) is 8.85 Å². The van der Waals surface area contributed by atoms with E-state index in [1.165, 1.54) is 0 Å². The Labute approximate surface area is 79.0 Å². The third-order valence-electron chi connectivity index (χ3n) is 1.22. The first-order valence-electron chi connectivity index (χ1n) is 4.51. The van der Waals surface area contributed by atoms with Gasteiger partial charge < -0.3 is 8.85 Å². The average molecular weight is 204 g/mol. The zero-order valence-corrected chi connectivity index (χ0v) is 10.8. The maximum absolute atomic E-state index is 5.46. The zero-order valence-electron chi connectivity index (χ0n) is 8.54. The standard InChI is InChI=1S/C8H20O2Si2/c1-11(2)9-7-5-6-8-10-12(3)4/h5-6,11-12H,7-8H2,1-4H3/b6-5-. The number of hydrogen-bond donors (Lipinski definition) is 0. The summed E-state index contributed by atoms with van der Waals surface area (Å²) >= 11 is 0. The van der Waals surface area contributed by atoms with Gasteiger partial charge in [-0.15, -0.1) is 0 Å². The van der Waals surface area contributed by atoms with Gasteiger partial charge in [-0.25, -0.2) is 0 Å². The van der Waals surface area contributed by atoms with Crippen molar-refractivity contribution < 1.29 is 8.85 Å². The molecule has 0 saturated carbocycles. The van der Waals surface area contributed by atoms with Crippen LogP contribution in [0.25, 0.3) is 0 Å². The molecule has 0 saturated heterocycles. The third kappa shape index (κ3) is 10.1. The minimum atomic E-state index is -0.825. The van der Waals surface area contributed by atoms with Crippen LogP contribution in [0.3, 0.4) is 0 Å². The minimum Gasteiger partial charge on any atom is -0.417 e. The van der Waals surface area contributed by atoms with Crippen LogP contribution in [0.4, 0.5) is 0 Å². The molecule has 0 heterocycles. The van der Waals surface area contributed by atoms with Crippen molar-refractivity contribution in [3.05, 3.63) is 12.2 Å². The van der Waals surface area contributed by atoms with E-state index >= 15 is 0 Å². The molecule has 0 aromatic carbocycles. The summed E-state index contributed by atoms with van der Waals surface area (Å²) in [5.41, 5.74) is 0. The van der Waals surface area contributed by atoms with Gasteiger partial charge in [0.15, 0.2) is 18.1 Å². The van der Waals surface area contributed by atoms with Gasteiger partial charge in [0.25, 0.3) is 0 Å². The van der Waals surface area contributed by atoms with E-state index in [1.807, 2.05) is 12.2 Å². The van der Waals surface area contributed by atoms with Gasteiger partial charge in [-0.1, -0.05) is 12.2 Å². The van der Waals surface area contributed by atoms with E-state index in [0.29, 0.717) is 0 Å². The van der Waals surface area contributed by atoms with Crippen LogP contribution in [0, 0.1) is 0 Å². The van der Waals surface area contributed by atoms with E-state index < -0.39 is 18.1 Å². The first-order chi connectivity index (χ1) is 5.63. The predicted octanol–water partition coefficient (Wildman–Crippen LogP) is 1.54. The zero-order chi connectivity index (χ0) is 9.40. The van der Waals surface area contributed by atoms with Crippen molar-refractivity contribution in [1.29, 1.82) is 0 Å². The maximum atomic E-state index is 5.46. The lowest BCUT2D eigenvalue weighted by Gasteiger charge is -2.03. The SMILES string of the molecule is C[SiH](C)OC/C=C\CO[SiH](C)C. The molecule has 0 aliphatic carbocycles. The summed E-state index contributed by atoms with van der Waals surface area (Å²) in [6.07, 6.45) is 4.09. The van der Waals surface area contributed by atoms with E-state index in [1.54, 1.807) is 0 Å². The summed E-state index contributed by atoms with van der Waals surface area (Å²) in [5.74, 6) is 0. The van der Waals surface area contributed by atoms with Gasteiger partial charge in [-0.3, -0.25) is 0 Å². The highest BCUT2D eigenvalue weighted by atomic mass is 28.3. The fourth-order valence-electron chi connectivity index (χ4n) is 0.632. The maximum Gasteiger partial charge on any atom is 0.171 e. The largest absolute Gasteiger partial charge is 0.417 e. The summed E-state index contributed by atoms with van der Waals surface area (Å²) in [5, 5.41) is 0. The molecule has 0 spiro atoms. The topological polar surface area (TPSA) is 18.5 Å². The van der Waals surface area contributed by atoms with E-state index in [4.69, 9.17) is 8.85 Å². The minimum absolute atomic E-state index is 0.757. The molecule has 0 radical (unpaired) electrons. The smallest absolute Gasteiger partial charge is 0.171 e. The van der Waals surface area contributed by atoms with Gasteiger partial charge in [0.05, 0.1) is 13.2 Å². The van der Waals surface area contributed by atoms with Crippen molar-refractivity contribution in [2.75, 3.05) is 13.2 Å². The van der Waals surface area contributed by atoms with Crippen molar-refractivity contribution in [1.82, 2.24) is 0 Å². The fourth-order valence-corrected chi connectivity index (χ4v) is 1.62. The highest BCUT2D eigenvalue weighted by molar-refractivity contribution is 6.48. The molecule has 0 amide bonds. The molecule has 0 unspecified atom stereocenters. The Morgan fingerprint density at radius 2 is 1.17 bits per heavy atom. The lowest BCUT2D eigenvalue weighted by Crippen LogP contribution is -2.08. The van der Waals surface area contributed by atoms with Crippen molar-refractivity contribution in [2.45, 2.75) is 26.2 Å². The molecule has 0 atom stereocenters. The van der Waals surface area contributed by atoms with Crippen LogP contribution in [0.2, 0.25) is 26.2 Å². The summed E-state index contributed by atoms with van der Waals surface area (Å²) in [6, 6.07) is 0. The second-order valence-corrected chi connectivity index (χ2v) is 8.10. The molecule has 4 heteroatoms. The number of hydrogen-bond acceptors (Lipinski definition) is 2. The predicted molar refractivity (Wildman–Crippen MR) is 58.8 cm³/mol. The van der Waals surface area contributed by atoms with Crippen LogP contribution >= 0.6 is 0 Å². The Balaban J connectivity index is 3.15. The molecule has 0 rings (SSSR count). The first-order valence-corrected chi connectivity index (χ1v) is 10.1. The summed E-state index contributed by atoms with van der Waals surface area (Å²) in [7, 11) is -1.65. The van der Waals surface area contributed by atoms with Crippen LogP contribution in [0.5, 0.6) is 0 Å². The van der Waals surface area contributed by atoms with E-state index in [-0.39, 0.29) is 0 Å². The van der Waals surface area contributed by atoms with Crippen molar-refractivity contribution in [2.24, 2.45) is 0 Å². The summed E-state index contributed by atoms with van der Waals surface area (Å²) < 4.78 is 10.9. The molecule has 72 valence electrons. The highest BCUT2D eigenvalue weighted by Gasteiger charge is 1.92. The van der Waals surface area contributed by atoms with Gasteiger partial charge in [0, 0.05) is 0 Å². The fraction of sp³-hybridized carbons (Fsp3) is 0.750. The summed E-state index contributed by atoms with van der Waals surface area (Å²) in [6.45, 7) is 10.2. The molecule has 0 aromatic rings. The van der Waals surface area contributed by atoms with Crippen molar-refractivity contribution in [3.63, 3.8) is 0 Å². The van der Waals surface area contributed by atoms with E-state index in [0.717, 1.165) is 13.2 Å². The second-order valence-electron chi connectivity index (χ2n) is 3.24. The van der Waals surface area contributed by atoms with Gasteiger partial charge in [0.1, 0.15) is 0 Å². The summed E-state index contributed by atoms with van der Waals surface area (Å²) in [4.78, 5) is 0.